The number of aromatic amines is 2. The molecular weight excluding hydrogens is 314 g/mol. The number of imidazole rings is 1. The maximum atomic E-state index is 5.95. The fourth-order valence-electron chi connectivity index (χ4n) is 3.43. The van der Waals surface area contributed by atoms with Gasteiger partial charge in [-0.15, -0.1) is 0 Å². The van der Waals surface area contributed by atoms with E-state index in [0.717, 1.165) is 44.3 Å². The molecular formula is C19H25N5O. The van der Waals surface area contributed by atoms with Gasteiger partial charge in [0.25, 0.3) is 0 Å². The van der Waals surface area contributed by atoms with Gasteiger partial charge in [-0.25, -0.2) is 4.98 Å². The van der Waals surface area contributed by atoms with E-state index in [2.05, 4.69) is 63.1 Å². The molecule has 1 aliphatic heterocycles. The molecule has 0 aliphatic carbocycles. The molecule has 0 bridgehead atoms. The van der Waals surface area contributed by atoms with Crippen molar-refractivity contribution in [2.45, 2.75) is 19.2 Å². The summed E-state index contributed by atoms with van der Waals surface area (Å²) in [4.78, 5) is 15.8. The molecule has 1 atom stereocenters. The largest absolute Gasteiger partial charge is 0.368 e. The molecule has 0 saturated carbocycles. The van der Waals surface area contributed by atoms with Gasteiger partial charge in [0.1, 0.15) is 11.9 Å². The van der Waals surface area contributed by atoms with Crippen LogP contribution in [0.2, 0.25) is 0 Å². The van der Waals surface area contributed by atoms with Gasteiger partial charge in [0.15, 0.2) is 0 Å². The number of rotatable bonds is 5. The highest BCUT2D eigenvalue weighted by molar-refractivity contribution is 5.79. The molecule has 1 unspecified atom stereocenters. The maximum absolute atomic E-state index is 5.95. The van der Waals surface area contributed by atoms with E-state index in [4.69, 9.17) is 4.74 Å². The van der Waals surface area contributed by atoms with Crippen molar-refractivity contribution >= 4 is 10.9 Å². The van der Waals surface area contributed by atoms with Crippen LogP contribution in [0.1, 0.15) is 23.2 Å². The van der Waals surface area contributed by atoms with Crippen LogP contribution in [0.15, 0.2) is 36.7 Å². The van der Waals surface area contributed by atoms with Crippen molar-refractivity contribution in [2.24, 2.45) is 0 Å². The summed E-state index contributed by atoms with van der Waals surface area (Å²) in [6, 6.07) is 8.74. The molecule has 2 aromatic heterocycles. The summed E-state index contributed by atoms with van der Waals surface area (Å²) in [5.74, 6) is 0.933. The molecule has 6 heteroatoms. The summed E-state index contributed by atoms with van der Waals surface area (Å²) >= 11 is 0. The van der Waals surface area contributed by atoms with E-state index in [1.54, 1.807) is 0 Å². The molecule has 2 N–H and O–H groups in total. The maximum Gasteiger partial charge on any atom is 0.136 e. The van der Waals surface area contributed by atoms with Gasteiger partial charge in [-0.1, -0.05) is 6.07 Å². The third kappa shape index (κ3) is 3.76. The van der Waals surface area contributed by atoms with Gasteiger partial charge >= 0.3 is 0 Å². The van der Waals surface area contributed by atoms with Crippen molar-refractivity contribution in [3.05, 3.63) is 53.7 Å². The Balaban J connectivity index is 1.42. The van der Waals surface area contributed by atoms with Crippen molar-refractivity contribution < 1.29 is 4.74 Å². The molecule has 3 heterocycles. The second kappa shape index (κ2) is 7.00. The Labute approximate surface area is 147 Å². The lowest BCUT2D eigenvalue weighted by molar-refractivity contribution is -0.0368. The molecule has 132 valence electrons. The average Bonchev–Trinajstić information content (AvgIpc) is 3.23. The number of hydrogen-bond acceptors (Lipinski definition) is 4. The predicted molar refractivity (Wildman–Crippen MR) is 98.2 cm³/mol. The van der Waals surface area contributed by atoms with Crippen LogP contribution >= 0.6 is 0 Å². The monoisotopic (exact) mass is 339 g/mol. The molecule has 0 radical (unpaired) electrons. The molecule has 0 spiro atoms. The third-order valence-corrected chi connectivity index (χ3v) is 4.61. The quantitative estimate of drug-likeness (QED) is 0.750. The van der Waals surface area contributed by atoms with Gasteiger partial charge in [-0.05, 0) is 43.2 Å². The molecule has 1 fully saturated rings. The van der Waals surface area contributed by atoms with Crippen molar-refractivity contribution in [2.75, 3.05) is 33.8 Å². The van der Waals surface area contributed by atoms with E-state index in [9.17, 15) is 0 Å². The Morgan fingerprint density at radius 3 is 3.12 bits per heavy atom. The first-order valence-corrected chi connectivity index (χ1v) is 8.76. The van der Waals surface area contributed by atoms with Crippen LogP contribution in [0.4, 0.5) is 0 Å². The Kier molecular flexibility index (Phi) is 4.57. The first kappa shape index (κ1) is 16.3. The molecule has 0 amide bonds. The van der Waals surface area contributed by atoms with Gasteiger partial charge in [-0.3, -0.25) is 4.90 Å². The van der Waals surface area contributed by atoms with E-state index in [1.807, 2.05) is 12.4 Å². The highest BCUT2D eigenvalue weighted by Gasteiger charge is 2.24. The normalized spacial score (nSPS) is 19.1. The Morgan fingerprint density at radius 2 is 2.24 bits per heavy atom. The topological polar surface area (TPSA) is 60.2 Å². The lowest BCUT2D eigenvalue weighted by Crippen LogP contribution is -2.38. The van der Waals surface area contributed by atoms with Crippen LogP contribution < -0.4 is 0 Å². The second-order valence-corrected chi connectivity index (χ2v) is 7.03. The van der Waals surface area contributed by atoms with Crippen LogP contribution in [0.3, 0.4) is 0 Å². The fourth-order valence-corrected chi connectivity index (χ4v) is 3.43. The van der Waals surface area contributed by atoms with Gasteiger partial charge in [-0.2, -0.15) is 0 Å². The van der Waals surface area contributed by atoms with Crippen molar-refractivity contribution in [3.8, 4) is 0 Å². The number of nitrogens with zero attached hydrogens (tertiary/aromatic N) is 3. The number of morpholine rings is 1. The van der Waals surface area contributed by atoms with Gasteiger partial charge in [0.2, 0.25) is 0 Å². The van der Waals surface area contributed by atoms with Crippen LogP contribution in [0, 0.1) is 0 Å². The number of ether oxygens (including phenoxy) is 1. The minimum absolute atomic E-state index is 0.0145. The summed E-state index contributed by atoms with van der Waals surface area (Å²) in [6.45, 7) is 4.35. The smallest absolute Gasteiger partial charge is 0.136 e. The van der Waals surface area contributed by atoms with E-state index < -0.39 is 0 Å². The van der Waals surface area contributed by atoms with Gasteiger partial charge in [0.05, 0.1) is 6.61 Å². The number of nitrogens with one attached hydrogen (secondary N) is 2. The Bertz CT molecular complexity index is 837. The minimum atomic E-state index is 0.0145. The summed E-state index contributed by atoms with van der Waals surface area (Å²) in [5.41, 5.74) is 3.65. The van der Waals surface area contributed by atoms with Crippen LogP contribution in [-0.2, 0) is 17.8 Å². The van der Waals surface area contributed by atoms with E-state index in [0.29, 0.717) is 0 Å². The number of H-pyrrole nitrogens is 2. The summed E-state index contributed by atoms with van der Waals surface area (Å²) < 4.78 is 5.95. The van der Waals surface area contributed by atoms with Crippen molar-refractivity contribution in [1.29, 1.82) is 0 Å². The molecule has 1 aromatic carbocycles. The number of aromatic nitrogens is 3. The Morgan fingerprint density at radius 1 is 1.32 bits per heavy atom. The fraction of sp³-hybridized carbons (Fsp3) is 0.421. The van der Waals surface area contributed by atoms with Gasteiger partial charge < -0.3 is 19.6 Å². The second-order valence-electron chi connectivity index (χ2n) is 7.03. The van der Waals surface area contributed by atoms with Gasteiger partial charge in [0, 0.05) is 49.8 Å². The van der Waals surface area contributed by atoms with Crippen LogP contribution in [0.25, 0.3) is 10.9 Å². The first-order valence-electron chi connectivity index (χ1n) is 8.76. The molecule has 1 aliphatic rings. The molecule has 3 aromatic rings. The summed E-state index contributed by atoms with van der Waals surface area (Å²) in [6.07, 6.45) is 3.92. The zero-order chi connectivity index (χ0) is 17.2. The van der Waals surface area contributed by atoms with Crippen LogP contribution in [0.5, 0.6) is 0 Å². The lowest BCUT2D eigenvalue weighted by Gasteiger charge is -2.32. The molecule has 4 rings (SSSR count). The molecule has 1 saturated heterocycles. The standard InChI is InChI=1S/C19H25N5O/c1-23(2)12-16-10-21-19(22-16)18-13-24(7-8-25-18)11-14-3-4-17-15(9-14)5-6-20-17/h3-6,9-10,18,20H,7-8,11-13H2,1-2H3,(H,21,22). The summed E-state index contributed by atoms with van der Waals surface area (Å²) in [5, 5.41) is 1.27. The molecule has 6 nitrogen and oxygen atoms in total. The predicted octanol–water partition coefficient (Wildman–Crippen LogP) is 2.53. The number of benzene rings is 1. The van der Waals surface area contributed by atoms with Crippen molar-refractivity contribution in [3.63, 3.8) is 0 Å². The van der Waals surface area contributed by atoms with Crippen LogP contribution in [-0.4, -0.2) is 58.5 Å². The zero-order valence-electron chi connectivity index (χ0n) is 14.8. The minimum Gasteiger partial charge on any atom is -0.368 e. The van der Waals surface area contributed by atoms with E-state index in [1.165, 1.54) is 16.5 Å². The first-order chi connectivity index (χ1) is 12.2. The zero-order valence-corrected chi connectivity index (χ0v) is 14.8. The third-order valence-electron chi connectivity index (χ3n) is 4.61. The molecule has 25 heavy (non-hydrogen) atoms. The van der Waals surface area contributed by atoms with E-state index in [-0.39, 0.29) is 6.10 Å². The Hall–Kier alpha value is -2.15. The number of hydrogen-bond donors (Lipinski definition) is 2. The highest BCUT2D eigenvalue weighted by atomic mass is 16.5. The average molecular weight is 339 g/mol. The number of fused-ring (bicyclic) bond motifs is 1. The SMILES string of the molecule is CN(C)Cc1cnc(C2CN(Cc3ccc4[nH]ccc4c3)CCO2)[nH]1. The lowest BCUT2D eigenvalue weighted by atomic mass is 10.1. The van der Waals surface area contributed by atoms with E-state index >= 15 is 0 Å². The highest BCUT2D eigenvalue weighted by Crippen LogP contribution is 2.22. The summed E-state index contributed by atoms with van der Waals surface area (Å²) in [7, 11) is 4.11. The van der Waals surface area contributed by atoms with Crippen molar-refractivity contribution in [1.82, 2.24) is 24.8 Å².